The summed E-state index contributed by atoms with van der Waals surface area (Å²) in [6, 6.07) is 28.0. The standard InChI is InChI=1S/C20H24N6O2.C20H18N4O2.C2HF3O2/c21-17(22)13-3-7-15(8-4-13)19(27)25-11-1-2-12-26-20(28)16-9-5-14(6-10-16)18(23)24;1-22-18-10-8-17(9-11-18)20(26)24-13-3-2-12-23-19(25)16-6-4-15(14-21)5-7-16;3-2(4,5)1(6)7/h3-10H,1-2,11-12H2,(H3,21,22)(H3,23,24)(H,25,27)(H,26,28);4-11H,2-3,12-13H2,(H,23,25)(H,24,26);(H,6,7). The van der Waals surface area contributed by atoms with Crippen molar-refractivity contribution in [3.63, 3.8) is 0 Å². The third kappa shape index (κ3) is 18.4. The highest BCUT2D eigenvalue weighted by atomic mass is 19.4. The number of carboxylic acids is 1. The molecule has 0 fully saturated rings. The summed E-state index contributed by atoms with van der Waals surface area (Å²) in [5.41, 5.74) is 15.0. The molecule has 0 aliphatic rings. The van der Waals surface area contributed by atoms with Crippen LogP contribution in [-0.2, 0) is 4.79 Å². The van der Waals surface area contributed by atoms with Gasteiger partial charge < -0.3 is 37.8 Å². The molecule has 0 saturated heterocycles. The van der Waals surface area contributed by atoms with E-state index in [0.717, 1.165) is 25.7 Å². The smallest absolute Gasteiger partial charge is 0.475 e. The quantitative estimate of drug-likeness (QED) is 0.0321. The van der Waals surface area contributed by atoms with Crippen molar-refractivity contribution in [1.29, 1.82) is 16.1 Å². The second-order valence-corrected chi connectivity index (χ2v) is 12.6. The van der Waals surface area contributed by atoms with E-state index < -0.39 is 12.1 Å². The lowest BCUT2D eigenvalue weighted by molar-refractivity contribution is -0.192. The van der Waals surface area contributed by atoms with Crippen molar-refractivity contribution in [3.05, 3.63) is 147 Å². The zero-order chi connectivity index (χ0) is 45.4. The summed E-state index contributed by atoms with van der Waals surface area (Å²) in [4.78, 5) is 60.1. The predicted octanol–water partition coefficient (Wildman–Crippen LogP) is 4.88. The first kappa shape index (κ1) is 49.1. The van der Waals surface area contributed by atoms with Crippen LogP contribution in [0.4, 0.5) is 18.9 Å². The molecule has 0 aliphatic carbocycles. The highest BCUT2D eigenvalue weighted by molar-refractivity contribution is 5.99. The van der Waals surface area contributed by atoms with E-state index in [1.54, 1.807) is 97.1 Å². The van der Waals surface area contributed by atoms with Crippen LogP contribution in [0.15, 0.2) is 97.1 Å². The van der Waals surface area contributed by atoms with Crippen LogP contribution in [0.3, 0.4) is 0 Å². The lowest BCUT2D eigenvalue weighted by atomic mass is 10.1. The summed E-state index contributed by atoms with van der Waals surface area (Å²) < 4.78 is 31.7. The first-order valence-corrected chi connectivity index (χ1v) is 18.3. The maximum absolute atomic E-state index is 12.0. The lowest BCUT2D eigenvalue weighted by Gasteiger charge is -2.08. The molecule has 4 aromatic carbocycles. The van der Waals surface area contributed by atoms with E-state index in [0.29, 0.717) is 70.8 Å². The van der Waals surface area contributed by atoms with E-state index in [4.69, 9.17) is 44.0 Å². The van der Waals surface area contributed by atoms with Crippen LogP contribution in [0.2, 0.25) is 0 Å². The van der Waals surface area contributed by atoms with E-state index >= 15 is 0 Å². The van der Waals surface area contributed by atoms with E-state index in [-0.39, 0.29) is 35.3 Å². The molecule has 4 amide bonds. The minimum absolute atomic E-state index is 0.0381. The molecule has 0 atom stereocenters. The highest BCUT2D eigenvalue weighted by Gasteiger charge is 2.38. The van der Waals surface area contributed by atoms with Gasteiger partial charge >= 0.3 is 12.1 Å². The number of carbonyl (C=O) groups is 5. The molecule has 0 bridgehead atoms. The average Bonchev–Trinajstić information content (AvgIpc) is 3.25. The third-order valence-corrected chi connectivity index (χ3v) is 8.04. The van der Waals surface area contributed by atoms with Crippen molar-refractivity contribution in [2.75, 3.05) is 26.2 Å². The summed E-state index contributed by atoms with van der Waals surface area (Å²) in [7, 11) is 0. The number of nitriles is 1. The van der Waals surface area contributed by atoms with Gasteiger partial charge in [0.15, 0.2) is 5.69 Å². The van der Waals surface area contributed by atoms with Crippen molar-refractivity contribution in [1.82, 2.24) is 21.3 Å². The number of nitrogens with two attached hydrogens (primary N) is 2. The average molecular weight is 841 g/mol. The number of nitrogens with zero attached hydrogens (tertiary/aromatic N) is 2. The fourth-order valence-electron chi connectivity index (χ4n) is 4.70. The summed E-state index contributed by atoms with van der Waals surface area (Å²) in [5.74, 6) is -3.57. The van der Waals surface area contributed by atoms with Crippen LogP contribution in [0.25, 0.3) is 4.85 Å². The van der Waals surface area contributed by atoms with Gasteiger partial charge in [-0.15, -0.1) is 0 Å². The Morgan fingerprint density at radius 2 is 0.820 bits per heavy atom. The zero-order valence-corrected chi connectivity index (χ0v) is 32.6. The van der Waals surface area contributed by atoms with E-state index in [9.17, 15) is 32.3 Å². The number of hydrogen-bond donors (Lipinski definition) is 9. The van der Waals surface area contributed by atoms with Crippen molar-refractivity contribution >= 4 is 47.0 Å². The second-order valence-electron chi connectivity index (χ2n) is 12.6. The molecule has 0 heterocycles. The normalized spacial score (nSPS) is 10.0. The Bertz CT molecular complexity index is 2070. The van der Waals surface area contributed by atoms with Crippen molar-refractivity contribution < 1.29 is 42.3 Å². The van der Waals surface area contributed by atoms with Gasteiger partial charge in [0.2, 0.25) is 0 Å². The molecule has 0 aromatic heterocycles. The fraction of sp³-hybridized carbons (Fsp3) is 0.214. The van der Waals surface area contributed by atoms with E-state index in [2.05, 4.69) is 26.1 Å². The van der Waals surface area contributed by atoms with E-state index in [1.165, 1.54) is 0 Å². The number of carboxylic acid groups (broad SMARTS) is 1. The molecular formula is C42H43F3N10O6. The molecule has 16 nitrogen and oxygen atoms in total. The van der Waals surface area contributed by atoms with Gasteiger partial charge in [0.25, 0.3) is 23.6 Å². The van der Waals surface area contributed by atoms with Gasteiger partial charge in [0.05, 0.1) is 18.2 Å². The summed E-state index contributed by atoms with van der Waals surface area (Å²) in [6.07, 6.45) is -2.17. The van der Waals surface area contributed by atoms with Gasteiger partial charge in [-0.1, -0.05) is 48.5 Å². The predicted molar refractivity (Wildman–Crippen MR) is 220 cm³/mol. The molecule has 0 radical (unpaired) electrons. The fourth-order valence-corrected chi connectivity index (χ4v) is 4.70. The topological polar surface area (TPSA) is 282 Å². The Balaban J connectivity index is 0.000000364. The van der Waals surface area contributed by atoms with Gasteiger partial charge in [-0.25, -0.2) is 9.64 Å². The van der Waals surface area contributed by atoms with Crippen molar-refractivity contribution in [2.45, 2.75) is 31.9 Å². The van der Waals surface area contributed by atoms with Crippen LogP contribution in [0.1, 0.15) is 83.8 Å². The van der Waals surface area contributed by atoms with Gasteiger partial charge in [-0.2, -0.15) is 18.4 Å². The van der Waals surface area contributed by atoms with Crippen molar-refractivity contribution in [3.8, 4) is 6.07 Å². The Hall–Kier alpha value is -8.06. The third-order valence-electron chi connectivity index (χ3n) is 8.04. The van der Waals surface area contributed by atoms with Crippen LogP contribution >= 0.6 is 0 Å². The summed E-state index contributed by atoms with van der Waals surface area (Å²) >= 11 is 0. The first-order chi connectivity index (χ1) is 29.0. The molecule has 0 unspecified atom stereocenters. The number of halogens is 3. The maximum Gasteiger partial charge on any atom is 0.490 e. The molecule has 11 N–H and O–H groups in total. The van der Waals surface area contributed by atoms with Crippen molar-refractivity contribution in [2.24, 2.45) is 11.5 Å². The number of rotatable bonds is 16. The SMILES string of the molecule is N=C(N)c1ccc(C(=O)NCCCCNC(=O)c2ccc(C(=N)N)cc2)cc1.O=C(O)C(F)(F)F.[C-]#[N+]c1ccc(C(=O)NCCCCNC(=O)c2ccc(C#N)cc2)cc1. The van der Waals surface area contributed by atoms with Gasteiger partial charge in [-0.3, -0.25) is 30.0 Å². The molecule has 19 heteroatoms. The Morgan fingerprint density at radius 3 is 1.05 bits per heavy atom. The molecule has 4 aromatic rings. The Labute approximate surface area is 349 Å². The number of benzene rings is 4. The lowest BCUT2D eigenvalue weighted by Crippen LogP contribution is -2.27. The molecule has 61 heavy (non-hydrogen) atoms. The number of alkyl halides is 3. The van der Waals surface area contributed by atoms with Crippen LogP contribution in [0.5, 0.6) is 0 Å². The summed E-state index contributed by atoms with van der Waals surface area (Å²) in [5, 5.41) is 41.8. The highest BCUT2D eigenvalue weighted by Crippen LogP contribution is 2.14. The second kappa shape index (κ2) is 25.3. The number of carbonyl (C=O) groups excluding carboxylic acids is 4. The number of amidine groups is 2. The number of amides is 4. The van der Waals surface area contributed by atoms with Gasteiger partial charge in [0.1, 0.15) is 11.7 Å². The monoisotopic (exact) mass is 840 g/mol. The zero-order valence-electron chi connectivity index (χ0n) is 32.6. The number of nitrogen functional groups attached to an aromatic ring is 2. The largest absolute Gasteiger partial charge is 0.490 e. The minimum Gasteiger partial charge on any atom is -0.475 e. The first-order valence-electron chi connectivity index (χ1n) is 18.3. The number of unbranched alkanes of at least 4 members (excludes halogenated alkanes) is 2. The maximum atomic E-state index is 12.0. The molecule has 0 saturated carbocycles. The molecule has 318 valence electrons. The number of aliphatic carboxylic acids is 1. The molecular weight excluding hydrogens is 798 g/mol. The Kier molecular flexibility index (Phi) is 20.4. The van der Waals surface area contributed by atoms with Crippen LogP contribution in [-0.4, -0.2) is 78.7 Å². The van der Waals surface area contributed by atoms with Gasteiger partial charge in [-0.05, 0) is 74.2 Å². The van der Waals surface area contributed by atoms with Crippen LogP contribution in [0, 0.1) is 28.7 Å². The molecule has 0 aliphatic heterocycles. The van der Waals surface area contributed by atoms with E-state index in [1.807, 2.05) is 6.07 Å². The molecule has 0 spiro atoms. The van der Waals surface area contributed by atoms with Gasteiger partial charge in [0, 0.05) is 59.6 Å². The molecule has 4 rings (SSSR count). The summed E-state index contributed by atoms with van der Waals surface area (Å²) in [6.45, 7) is 8.89. The Morgan fingerprint density at radius 1 is 0.574 bits per heavy atom. The number of hydrogen-bond acceptors (Lipinski definition) is 8. The minimum atomic E-state index is -5.08. The van der Waals surface area contributed by atoms with Crippen LogP contribution < -0.4 is 32.7 Å². The number of nitrogens with one attached hydrogen (secondary N) is 6.